The van der Waals surface area contributed by atoms with Crippen LogP contribution in [-0.4, -0.2) is 29.6 Å². The third-order valence-corrected chi connectivity index (χ3v) is 3.47. The van der Waals surface area contributed by atoms with Crippen molar-refractivity contribution in [3.05, 3.63) is 40.4 Å². The zero-order chi connectivity index (χ0) is 14.5. The molecule has 0 bridgehead atoms. The summed E-state index contributed by atoms with van der Waals surface area (Å²) in [6.07, 6.45) is 5.11. The molecule has 0 radical (unpaired) electrons. The summed E-state index contributed by atoms with van der Waals surface area (Å²) in [6.45, 7) is 0.472. The van der Waals surface area contributed by atoms with Gasteiger partial charge in [0.15, 0.2) is 11.5 Å². The zero-order valence-electron chi connectivity index (χ0n) is 11.3. The predicted octanol–water partition coefficient (Wildman–Crippen LogP) is 2.63. The minimum atomic E-state index is 0.472. The number of carbonyl (C=O) groups is 1. The van der Waals surface area contributed by atoms with Crippen molar-refractivity contribution in [3.63, 3.8) is 0 Å². The summed E-state index contributed by atoms with van der Waals surface area (Å²) in [5.74, 6) is 2.07. The van der Waals surface area contributed by atoms with Crippen LogP contribution in [0.4, 0.5) is 0 Å². The van der Waals surface area contributed by atoms with Crippen LogP contribution in [0.1, 0.15) is 16.2 Å². The molecule has 0 N–H and O–H groups in total. The van der Waals surface area contributed by atoms with E-state index in [9.17, 15) is 4.79 Å². The molecule has 0 atom stereocenters. The Morgan fingerprint density at radius 2 is 2.25 bits per heavy atom. The van der Waals surface area contributed by atoms with E-state index in [-0.39, 0.29) is 0 Å². The van der Waals surface area contributed by atoms with Crippen LogP contribution in [0, 0.1) is 0 Å². The van der Waals surface area contributed by atoms with Crippen LogP contribution >= 0.6 is 15.9 Å². The summed E-state index contributed by atoms with van der Waals surface area (Å²) in [5, 5.41) is 0. The van der Waals surface area contributed by atoms with Crippen LogP contribution in [0.15, 0.2) is 29.0 Å². The Kier molecular flexibility index (Phi) is 4.79. The summed E-state index contributed by atoms with van der Waals surface area (Å²) < 4.78 is 13.6. The standard InChI is InChI=1S/C14H15BrN2O3/c1-17-5-4-16-13(17)3-6-20-14-11(15)7-10(9-18)8-12(14)19-2/h4-5,7-9H,3,6H2,1-2H3. The molecule has 2 rings (SSSR count). The molecule has 0 amide bonds. The van der Waals surface area contributed by atoms with Gasteiger partial charge in [0.25, 0.3) is 0 Å². The zero-order valence-corrected chi connectivity index (χ0v) is 12.9. The van der Waals surface area contributed by atoms with E-state index in [4.69, 9.17) is 9.47 Å². The first-order valence-corrected chi connectivity index (χ1v) is 6.86. The Balaban J connectivity index is 2.09. The average molecular weight is 339 g/mol. The van der Waals surface area contributed by atoms with E-state index in [2.05, 4.69) is 20.9 Å². The lowest BCUT2D eigenvalue weighted by Gasteiger charge is -2.13. The molecule has 0 fully saturated rings. The first-order valence-electron chi connectivity index (χ1n) is 6.07. The van der Waals surface area contributed by atoms with Gasteiger partial charge in [0.05, 0.1) is 18.2 Å². The number of imidazole rings is 1. The number of carbonyl (C=O) groups excluding carboxylic acids is 1. The largest absolute Gasteiger partial charge is 0.493 e. The highest BCUT2D eigenvalue weighted by Gasteiger charge is 2.12. The predicted molar refractivity (Wildman–Crippen MR) is 78.5 cm³/mol. The molecule has 0 aliphatic heterocycles. The molecule has 0 saturated carbocycles. The second kappa shape index (κ2) is 6.56. The molecule has 0 spiro atoms. The number of methoxy groups -OCH3 is 1. The summed E-state index contributed by atoms with van der Waals surface area (Å²) in [7, 11) is 3.49. The quantitative estimate of drug-likeness (QED) is 0.760. The Bertz CT molecular complexity index is 610. The summed E-state index contributed by atoms with van der Waals surface area (Å²) in [4.78, 5) is 15.0. The SMILES string of the molecule is COc1cc(C=O)cc(Br)c1OCCc1nccn1C. The van der Waals surface area contributed by atoms with Crippen molar-refractivity contribution in [1.82, 2.24) is 9.55 Å². The van der Waals surface area contributed by atoms with Crippen LogP contribution in [0.3, 0.4) is 0 Å². The molecule has 20 heavy (non-hydrogen) atoms. The van der Waals surface area contributed by atoms with E-state index in [0.717, 1.165) is 12.1 Å². The number of nitrogens with zero attached hydrogens (tertiary/aromatic N) is 2. The molecule has 1 heterocycles. The normalized spacial score (nSPS) is 10.3. The van der Waals surface area contributed by atoms with Crippen molar-refractivity contribution in [1.29, 1.82) is 0 Å². The van der Waals surface area contributed by atoms with Gasteiger partial charge in [-0.3, -0.25) is 4.79 Å². The molecule has 0 unspecified atom stereocenters. The number of hydrogen-bond acceptors (Lipinski definition) is 4. The number of aldehydes is 1. The Morgan fingerprint density at radius 3 is 2.85 bits per heavy atom. The summed E-state index contributed by atoms with van der Waals surface area (Å²) in [5.41, 5.74) is 0.533. The van der Waals surface area contributed by atoms with E-state index in [1.54, 1.807) is 25.4 Å². The number of aryl methyl sites for hydroxylation is 1. The van der Waals surface area contributed by atoms with Gasteiger partial charge in [-0.1, -0.05) is 0 Å². The molecule has 2 aromatic rings. The van der Waals surface area contributed by atoms with Gasteiger partial charge < -0.3 is 14.0 Å². The third-order valence-electron chi connectivity index (χ3n) is 2.88. The topological polar surface area (TPSA) is 53.4 Å². The van der Waals surface area contributed by atoms with Gasteiger partial charge in [-0.2, -0.15) is 0 Å². The Morgan fingerprint density at radius 1 is 1.45 bits per heavy atom. The molecule has 0 aliphatic carbocycles. The lowest BCUT2D eigenvalue weighted by molar-refractivity contribution is 0.112. The van der Waals surface area contributed by atoms with E-state index in [1.165, 1.54) is 0 Å². The van der Waals surface area contributed by atoms with Gasteiger partial charge in [0.1, 0.15) is 12.1 Å². The van der Waals surface area contributed by atoms with Crippen molar-refractivity contribution < 1.29 is 14.3 Å². The molecule has 5 nitrogen and oxygen atoms in total. The van der Waals surface area contributed by atoms with Gasteiger partial charge in [0.2, 0.25) is 0 Å². The molecular formula is C14H15BrN2O3. The van der Waals surface area contributed by atoms with E-state index < -0.39 is 0 Å². The Labute approximate surface area is 125 Å². The van der Waals surface area contributed by atoms with Gasteiger partial charge in [-0.25, -0.2) is 4.98 Å². The van der Waals surface area contributed by atoms with Crippen molar-refractivity contribution >= 4 is 22.2 Å². The molecule has 6 heteroatoms. The maximum Gasteiger partial charge on any atom is 0.175 e. The number of rotatable bonds is 6. The monoisotopic (exact) mass is 338 g/mol. The van der Waals surface area contributed by atoms with E-state index in [0.29, 0.717) is 34.6 Å². The van der Waals surface area contributed by atoms with Crippen LogP contribution in [0.5, 0.6) is 11.5 Å². The smallest absolute Gasteiger partial charge is 0.175 e. The molecule has 0 aliphatic rings. The average Bonchev–Trinajstić information content (AvgIpc) is 2.85. The minimum absolute atomic E-state index is 0.472. The van der Waals surface area contributed by atoms with Crippen molar-refractivity contribution in [2.45, 2.75) is 6.42 Å². The first-order chi connectivity index (χ1) is 9.65. The van der Waals surface area contributed by atoms with Gasteiger partial charge in [-0.05, 0) is 28.1 Å². The summed E-state index contributed by atoms with van der Waals surface area (Å²) >= 11 is 3.39. The molecule has 1 aromatic carbocycles. The highest BCUT2D eigenvalue weighted by molar-refractivity contribution is 9.10. The fourth-order valence-corrected chi connectivity index (χ4v) is 2.40. The molecule has 0 saturated heterocycles. The maximum atomic E-state index is 10.8. The van der Waals surface area contributed by atoms with E-state index in [1.807, 2.05) is 17.8 Å². The number of aromatic nitrogens is 2. The lowest BCUT2D eigenvalue weighted by Crippen LogP contribution is -2.07. The van der Waals surface area contributed by atoms with E-state index >= 15 is 0 Å². The van der Waals surface area contributed by atoms with Crippen LogP contribution in [0.2, 0.25) is 0 Å². The first kappa shape index (κ1) is 14.6. The fourth-order valence-electron chi connectivity index (χ4n) is 1.83. The van der Waals surface area contributed by atoms with Crippen LogP contribution in [-0.2, 0) is 13.5 Å². The lowest BCUT2D eigenvalue weighted by atomic mass is 10.2. The number of benzene rings is 1. The minimum Gasteiger partial charge on any atom is -0.493 e. The second-order valence-corrected chi connectivity index (χ2v) is 5.06. The molecular weight excluding hydrogens is 324 g/mol. The third kappa shape index (κ3) is 3.19. The van der Waals surface area contributed by atoms with Gasteiger partial charge in [-0.15, -0.1) is 0 Å². The van der Waals surface area contributed by atoms with Gasteiger partial charge >= 0.3 is 0 Å². The highest BCUT2D eigenvalue weighted by Crippen LogP contribution is 2.36. The number of halogens is 1. The molecule has 106 valence electrons. The van der Waals surface area contributed by atoms with Crippen molar-refractivity contribution in [2.75, 3.05) is 13.7 Å². The van der Waals surface area contributed by atoms with Crippen molar-refractivity contribution in [2.24, 2.45) is 7.05 Å². The van der Waals surface area contributed by atoms with Crippen LogP contribution in [0.25, 0.3) is 0 Å². The molecule has 1 aromatic heterocycles. The maximum absolute atomic E-state index is 10.8. The van der Waals surface area contributed by atoms with Gasteiger partial charge in [0, 0.05) is 31.4 Å². The second-order valence-electron chi connectivity index (χ2n) is 4.20. The summed E-state index contributed by atoms with van der Waals surface area (Å²) in [6, 6.07) is 3.35. The number of hydrogen-bond donors (Lipinski definition) is 0. The van der Waals surface area contributed by atoms with Crippen molar-refractivity contribution in [3.8, 4) is 11.5 Å². The van der Waals surface area contributed by atoms with Crippen LogP contribution < -0.4 is 9.47 Å². The fraction of sp³-hybridized carbons (Fsp3) is 0.286. The Hall–Kier alpha value is -1.82. The number of ether oxygens (including phenoxy) is 2. The highest BCUT2D eigenvalue weighted by atomic mass is 79.9.